The Morgan fingerprint density at radius 3 is 2.64 bits per heavy atom. The molecule has 1 aromatic carbocycles. The number of anilines is 1. The zero-order valence-electron chi connectivity index (χ0n) is 16.2. The zero-order valence-corrected chi connectivity index (χ0v) is 17.0. The maximum absolute atomic E-state index is 11.1. The SMILES string of the molecule is COc1ccc([N+](=O)[O-])cc1CSc1nnc(N2CCC(C)CC2)n1C1CC1. The van der Waals surface area contributed by atoms with Crippen LogP contribution in [0, 0.1) is 16.0 Å². The average molecular weight is 404 g/mol. The molecule has 0 unspecified atom stereocenters. The molecule has 1 saturated heterocycles. The molecule has 2 aromatic rings. The summed E-state index contributed by atoms with van der Waals surface area (Å²) in [7, 11) is 1.58. The summed E-state index contributed by atoms with van der Waals surface area (Å²) in [5.74, 6) is 2.94. The molecule has 1 aliphatic heterocycles. The second-order valence-corrected chi connectivity index (χ2v) is 8.54. The van der Waals surface area contributed by atoms with E-state index < -0.39 is 0 Å². The van der Waals surface area contributed by atoms with Crippen LogP contribution in [0.5, 0.6) is 5.75 Å². The van der Waals surface area contributed by atoms with Crippen LogP contribution in [0.2, 0.25) is 0 Å². The Morgan fingerprint density at radius 1 is 1.25 bits per heavy atom. The van der Waals surface area contributed by atoms with Gasteiger partial charge in [0, 0.05) is 42.6 Å². The minimum atomic E-state index is -0.379. The number of nitro benzene ring substituents is 1. The molecule has 2 fully saturated rings. The van der Waals surface area contributed by atoms with Gasteiger partial charge in [-0.3, -0.25) is 14.7 Å². The number of piperidine rings is 1. The normalized spacial score (nSPS) is 17.7. The molecule has 0 bridgehead atoms. The molecule has 150 valence electrons. The summed E-state index contributed by atoms with van der Waals surface area (Å²) in [6.07, 6.45) is 4.68. The molecule has 0 N–H and O–H groups in total. The first-order valence-electron chi connectivity index (χ1n) is 9.70. The van der Waals surface area contributed by atoms with E-state index in [9.17, 15) is 10.1 Å². The Kier molecular flexibility index (Phi) is 5.43. The Morgan fingerprint density at radius 2 is 2.00 bits per heavy atom. The van der Waals surface area contributed by atoms with Crippen LogP contribution in [0.4, 0.5) is 11.6 Å². The van der Waals surface area contributed by atoms with Crippen LogP contribution >= 0.6 is 11.8 Å². The molecule has 1 aliphatic carbocycles. The van der Waals surface area contributed by atoms with Crippen LogP contribution in [0.15, 0.2) is 23.4 Å². The van der Waals surface area contributed by atoms with Gasteiger partial charge in [0.1, 0.15) is 5.75 Å². The highest BCUT2D eigenvalue weighted by molar-refractivity contribution is 7.98. The van der Waals surface area contributed by atoms with Crippen molar-refractivity contribution >= 4 is 23.4 Å². The highest BCUT2D eigenvalue weighted by Gasteiger charge is 2.32. The van der Waals surface area contributed by atoms with Gasteiger partial charge in [-0.1, -0.05) is 18.7 Å². The van der Waals surface area contributed by atoms with Crippen LogP contribution in [0.25, 0.3) is 0 Å². The Balaban J connectivity index is 1.54. The number of methoxy groups -OCH3 is 1. The van der Waals surface area contributed by atoms with Crippen molar-refractivity contribution in [3.8, 4) is 5.75 Å². The van der Waals surface area contributed by atoms with Crippen LogP contribution in [-0.4, -0.2) is 39.9 Å². The highest BCUT2D eigenvalue weighted by Crippen LogP contribution is 2.42. The van der Waals surface area contributed by atoms with E-state index in [-0.39, 0.29) is 10.6 Å². The lowest BCUT2D eigenvalue weighted by Gasteiger charge is -2.31. The Hall–Kier alpha value is -2.29. The topological polar surface area (TPSA) is 86.3 Å². The van der Waals surface area contributed by atoms with E-state index >= 15 is 0 Å². The molecule has 1 saturated carbocycles. The number of nitro groups is 1. The summed E-state index contributed by atoms with van der Waals surface area (Å²) in [5.41, 5.74) is 0.864. The first kappa shape index (κ1) is 19.0. The largest absolute Gasteiger partial charge is 0.496 e. The van der Waals surface area contributed by atoms with Crippen molar-refractivity contribution in [1.82, 2.24) is 14.8 Å². The molecule has 2 heterocycles. The number of hydrogen-bond donors (Lipinski definition) is 0. The molecule has 1 aromatic heterocycles. The number of ether oxygens (including phenoxy) is 1. The third kappa shape index (κ3) is 3.94. The minimum Gasteiger partial charge on any atom is -0.496 e. The fourth-order valence-electron chi connectivity index (χ4n) is 3.58. The van der Waals surface area contributed by atoms with Gasteiger partial charge in [-0.05, 0) is 37.7 Å². The number of benzene rings is 1. The summed E-state index contributed by atoms with van der Waals surface area (Å²) >= 11 is 1.56. The van der Waals surface area contributed by atoms with E-state index in [2.05, 4.69) is 26.6 Å². The predicted molar refractivity (Wildman–Crippen MR) is 108 cm³/mol. The summed E-state index contributed by atoms with van der Waals surface area (Å²) in [6.45, 7) is 4.35. The van der Waals surface area contributed by atoms with Crippen molar-refractivity contribution < 1.29 is 9.66 Å². The molecule has 4 rings (SSSR count). The average Bonchev–Trinajstić information content (AvgIpc) is 3.46. The number of hydrogen-bond acceptors (Lipinski definition) is 7. The van der Waals surface area contributed by atoms with E-state index in [1.165, 1.54) is 18.9 Å². The summed E-state index contributed by atoms with van der Waals surface area (Å²) < 4.78 is 7.65. The van der Waals surface area contributed by atoms with E-state index in [1.54, 1.807) is 31.0 Å². The van der Waals surface area contributed by atoms with Crippen LogP contribution < -0.4 is 9.64 Å². The molecular formula is C19H25N5O3S. The predicted octanol–water partition coefficient (Wildman–Crippen LogP) is 4.06. The maximum atomic E-state index is 11.1. The number of thioether (sulfide) groups is 1. The third-order valence-electron chi connectivity index (χ3n) is 5.46. The number of non-ortho nitro benzene ring substituents is 1. The lowest BCUT2D eigenvalue weighted by molar-refractivity contribution is -0.384. The molecule has 9 heteroatoms. The number of rotatable bonds is 7. The summed E-state index contributed by atoms with van der Waals surface area (Å²) in [5, 5.41) is 21.0. The van der Waals surface area contributed by atoms with Gasteiger partial charge in [0.2, 0.25) is 5.95 Å². The molecular weight excluding hydrogens is 378 g/mol. The van der Waals surface area contributed by atoms with E-state index in [0.29, 0.717) is 17.5 Å². The minimum absolute atomic E-state index is 0.0724. The third-order valence-corrected chi connectivity index (χ3v) is 6.45. The molecule has 28 heavy (non-hydrogen) atoms. The van der Waals surface area contributed by atoms with Crippen molar-refractivity contribution in [2.75, 3.05) is 25.1 Å². The van der Waals surface area contributed by atoms with Crippen LogP contribution in [0.3, 0.4) is 0 Å². The van der Waals surface area contributed by atoms with Crippen molar-refractivity contribution in [2.24, 2.45) is 5.92 Å². The first-order valence-corrected chi connectivity index (χ1v) is 10.7. The van der Waals surface area contributed by atoms with Gasteiger partial charge in [0.25, 0.3) is 5.69 Å². The highest BCUT2D eigenvalue weighted by atomic mass is 32.2. The van der Waals surface area contributed by atoms with Gasteiger partial charge < -0.3 is 9.64 Å². The van der Waals surface area contributed by atoms with Gasteiger partial charge in [-0.25, -0.2) is 0 Å². The molecule has 8 nitrogen and oxygen atoms in total. The van der Waals surface area contributed by atoms with Crippen LogP contribution in [0.1, 0.15) is 44.2 Å². The van der Waals surface area contributed by atoms with Crippen molar-refractivity contribution in [2.45, 2.75) is 49.6 Å². The monoisotopic (exact) mass is 403 g/mol. The maximum Gasteiger partial charge on any atom is 0.270 e. The van der Waals surface area contributed by atoms with Gasteiger partial charge in [0.05, 0.1) is 12.0 Å². The molecule has 0 spiro atoms. The van der Waals surface area contributed by atoms with E-state index in [1.807, 2.05) is 0 Å². The van der Waals surface area contributed by atoms with Crippen molar-refractivity contribution in [3.63, 3.8) is 0 Å². The Bertz CT molecular complexity index is 859. The van der Waals surface area contributed by atoms with Gasteiger partial charge in [-0.15, -0.1) is 10.2 Å². The van der Waals surface area contributed by atoms with Gasteiger partial charge in [-0.2, -0.15) is 0 Å². The van der Waals surface area contributed by atoms with Crippen LogP contribution in [-0.2, 0) is 5.75 Å². The Labute approximate surface area is 168 Å². The van der Waals surface area contributed by atoms with E-state index in [4.69, 9.17) is 4.74 Å². The molecule has 0 radical (unpaired) electrons. The second-order valence-electron chi connectivity index (χ2n) is 7.60. The van der Waals surface area contributed by atoms with Crippen molar-refractivity contribution in [1.29, 1.82) is 0 Å². The standard InChI is InChI=1S/C19H25N5O3S/c1-13-7-9-22(10-8-13)18-20-21-19(23(18)15-3-4-15)28-12-14-11-16(24(25)26)5-6-17(14)27-2/h5-6,11,13,15H,3-4,7-10,12H2,1-2H3. The van der Waals surface area contributed by atoms with Gasteiger partial charge in [0.15, 0.2) is 5.16 Å². The lowest BCUT2D eigenvalue weighted by Crippen LogP contribution is -2.34. The number of nitrogens with zero attached hydrogens (tertiary/aromatic N) is 5. The zero-order chi connectivity index (χ0) is 19.7. The van der Waals surface area contributed by atoms with Crippen molar-refractivity contribution in [3.05, 3.63) is 33.9 Å². The fraction of sp³-hybridized carbons (Fsp3) is 0.579. The smallest absolute Gasteiger partial charge is 0.270 e. The molecule has 0 atom stereocenters. The quantitative estimate of drug-likeness (QED) is 0.391. The molecule has 0 amide bonds. The van der Waals surface area contributed by atoms with E-state index in [0.717, 1.165) is 48.5 Å². The lowest BCUT2D eigenvalue weighted by atomic mass is 10.00. The summed E-state index contributed by atoms with van der Waals surface area (Å²) in [6, 6.07) is 5.17. The van der Waals surface area contributed by atoms with Gasteiger partial charge >= 0.3 is 0 Å². The summed E-state index contributed by atoms with van der Waals surface area (Å²) in [4.78, 5) is 13.1. The first-order chi connectivity index (χ1) is 13.6. The fourth-order valence-corrected chi connectivity index (χ4v) is 4.56. The molecule has 2 aliphatic rings. The number of aromatic nitrogens is 3. The second kappa shape index (κ2) is 7.98.